The van der Waals surface area contributed by atoms with Crippen LogP contribution in [0.5, 0.6) is 0 Å². The summed E-state index contributed by atoms with van der Waals surface area (Å²) in [5.74, 6) is -0.112. The Bertz CT molecular complexity index is 1010. The number of fused-ring (bicyclic) bond motifs is 1. The molecule has 2 fully saturated rings. The van der Waals surface area contributed by atoms with E-state index in [0.717, 1.165) is 60.9 Å². The van der Waals surface area contributed by atoms with Crippen molar-refractivity contribution in [3.05, 3.63) is 52.8 Å². The highest BCUT2D eigenvalue weighted by atomic mass is 35.5. The summed E-state index contributed by atoms with van der Waals surface area (Å²) >= 11 is 0. The standard InChI is InChI=1S/C22H24N4O4.ClH/c27-21-19(11-16-9-17(23-12-16)14-25-3-6-29-7-4-25)18-10-15(1-2-20(18)24-21)13-26-5-8-30-22(26)28;/h1-2,9-12,23H,3-8,13-14H2,(H,24,27);1H/b19-11-;. The number of anilines is 1. The normalized spacial score (nSPS) is 19.9. The third-order valence-corrected chi connectivity index (χ3v) is 5.66. The number of amides is 2. The van der Waals surface area contributed by atoms with E-state index in [-0.39, 0.29) is 24.4 Å². The smallest absolute Gasteiger partial charge is 0.410 e. The van der Waals surface area contributed by atoms with Crippen LogP contribution in [-0.2, 0) is 27.4 Å². The van der Waals surface area contributed by atoms with Gasteiger partial charge in [0.1, 0.15) is 6.61 Å². The summed E-state index contributed by atoms with van der Waals surface area (Å²) in [6.45, 7) is 5.72. The zero-order chi connectivity index (χ0) is 20.5. The second-order valence-electron chi connectivity index (χ2n) is 7.77. The molecule has 2 N–H and O–H groups in total. The molecule has 0 spiro atoms. The van der Waals surface area contributed by atoms with Gasteiger partial charge in [0.05, 0.1) is 19.8 Å². The topological polar surface area (TPSA) is 86.9 Å². The number of carbonyl (C=O) groups excluding carboxylic acids is 2. The molecule has 0 radical (unpaired) electrons. The molecule has 2 amide bonds. The van der Waals surface area contributed by atoms with Crippen molar-refractivity contribution in [1.29, 1.82) is 0 Å². The lowest BCUT2D eigenvalue weighted by Gasteiger charge is -2.25. The van der Waals surface area contributed by atoms with Gasteiger partial charge in [-0.1, -0.05) is 6.07 Å². The van der Waals surface area contributed by atoms with Crippen molar-refractivity contribution in [2.24, 2.45) is 0 Å². The maximum Gasteiger partial charge on any atom is 0.410 e. The van der Waals surface area contributed by atoms with Crippen LogP contribution in [0.15, 0.2) is 30.5 Å². The van der Waals surface area contributed by atoms with E-state index in [1.165, 1.54) is 0 Å². The van der Waals surface area contributed by atoms with Crippen LogP contribution in [0, 0.1) is 0 Å². The maximum atomic E-state index is 12.6. The van der Waals surface area contributed by atoms with Crippen LogP contribution < -0.4 is 5.32 Å². The summed E-state index contributed by atoms with van der Waals surface area (Å²) in [6.07, 6.45) is 3.55. The lowest BCUT2D eigenvalue weighted by molar-refractivity contribution is -0.110. The quantitative estimate of drug-likeness (QED) is 0.692. The zero-order valence-corrected chi connectivity index (χ0v) is 17.9. The van der Waals surface area contributed by atoms with Crippen molar-refractivity contribution >= 4 is 41.7 Å². The monoisotopic (exact) mass is 444 g/mol. The van der Waals surface area contributed by atoms with Crippen molar-refractivity contribution in [3.63, 3.8) is 0 Å². The number of halogens is 1. The first kappa shape index (κ1) is 21.4. The first-order chi connectivity index (χ1) is 14.7. The number of H-pyrrole nitrogens is 1. The van der Waals surface area contributed by atoms with E-state index in [0.29, 0.717) is 25.3 Å². The average molecular weight is 445 g/mol. The van der Waals surface area contributed by atoms with Crippen LogP contribution in [0.3, 0.4) is 0 Å². The molecule has 2 saturated heterocycles. The zero-order valence-electron chi connectivity index (χ0n) is 17.1. The second-order valence-corrected chi connectivity index (χ2v) is 7.77. The number of nitrogens with zero attached hydrogens (tertiary/aromatic N) is 2. The minimum absolute atomic E-state index is 0. The number of benzene rings is 1. The molecule has 0 bridgehead atoms. The Morgan fingerprint density at radius 2 is 1.87 bits per heavy atom. The van der Waals surface area contributed by atoms with E-state index < -0.39 is 0 Å². The van der Waals surface area contributed by atoms with E-state index in [1.54, 1.807) is 4.90 Å². The number of nitrogens with one attached hydrogen (secondary N) is 2. The molecule has 5 rings (SSSR count). The van der Waals surface area contributed by atoms with Crippen LogP contribution in [0.25, 0.3) is 11.6 Å². The molecule has 31 heavy (non-hydrogen) atoms. The number of rotatable bonds is 5. The number of morpholine rings is 1. The lowest BCUT2D eigenvalue weighted by atomic mass is 10.0. The fraction of sp³-hybridized carbons (Fsp3) is 0.364. The van der Waals surface area contributed by atoms with E-state index in [4.69, 9.17) is 9.47 Å². The first-order valence-electron chi connectivity index (χ1n) is 10.2. The number of aromatic nitrogens is 1. The molecule has 164 valence electrons. The highest BCUT2D eigenvalue weighted by molar-refractivity contribution is 6.34. The van der Waals surface area contributed by atoms with Gasteiger partial charge in [0.15, 0.2) is 0 Å². The largest absolute Gasteiger partial charge is 0.448 e. The molecule has 0 saturated carbocycles. The minimum Gasteiger partial charge on any atom is -0.448 e. The van der Waals surface area contributed by atoms with Gasteiger partial charge in [-0.15, -0.1) is 12.4 Å². The van der Waals surface area contributed by atoms with Gasteiger partial charge >= 0.3 is 6.09 Å². The van der Waals surface area contributed by atoms with Gasteiger partial charge in [0, 0.05) is 54.9 Å². The Kier molecular flexibility index (Phi) is 6.31. The second kappa shape index (κ2) is 9.13. The van der Waals surface area contributed by atoms with Crippen molar-refractivity contribution in [1.82, 2.24) is 14.8 Å². The van der Waals surface area contributed by atoms with Gasteiger partial charge in [-0.3, -0.25) is 9.69 Å². The predicted molar refractivity (Wildman–Crippen MR) is 119 cm³/mol. The number of cyclic esters (lactones) is 1. The highest BCUT2D eigenvalue weighted by Gasteiger charge is 2.26. The minimum atomic E-state index is -0.291. The van der Waals surface area contributed by atoms with Gasteiger partial charge in [0.2, 0.25) is 0 Å². The number of carbonyl (C=O) groups is 2. The van der Waals surface area contributed by atoms with Crippen molar-refractivity contribution in [2.75, 3.05) is 44.8 Å². The fourth-order valence-corrected chi connectivity index (χ4v) is 4.07. The third-order valence-electron chi connectivity index (χ3n) is 5.66. The van der Waals surface area contributed by atoms with E-state index in [1.807, 2.05) is 30.5 Å². The molecule has 2 aromatic rings. The van der Waals surface area contributed by atoms with Crippen LogP contribution >= 0.6 is 12.4 Å². The molecule has 8 nitrogen and oxygen atoms in total. The molecule has 0 aliphatic carbocycles. The predicted octanol–water partition coefficient (Wildman–Crippen LogP) is 2.71. The maximum absolute atomic E-state index is 12.6. The molecule has 1 aromatic carbocycles. The number of ether oxygens (including phenoxy) is 2. The Balaban J connectivity index is 0.00000231. The number of aromatic amines is 1. The number of hydrogen-bond acceptors (Lipinski definition) is 5. The van der Waals surface area contributed by atoms with Gasteiger partial charge in [-0.05, 0) is 35.4 Å². The summed E-state index contributed by atoms with van der Waals surface area (Å²) in [4.78, 5) is 31.6. The van der Waals surface area contributed by atoms with E-state index >= 15 is 0 Å². The molecule has 0 atom stereocenters. The molecule has 3 aliphatic rings. The summed E-state index contributed by atoms with van der Waals surface area (Å²) < 4.78 is 10.4. The molecule has 4 heterocycles. The van der Waals surface area contributed by atoms with Crippen LogP contribution in [0.2, 0.25) is 0 Å². The van der Waals surface area contributed by atoms with E-state index in [2.05, 4.69) is 21.3 Å². The van der Waals surface area contributed by atoms with Crippen LogP contribution in [0.4, 0.5) is 10.5 Å². The van der Waals surface area contributed by atoms with Gasteiger partial charge in [-0.25, -0.2) is 4.79 Å². The first-order valence-corrected chi connectivity index (χ1v) is 10.2. The van der Waals surface area contributed by atoms with Crippen molar-refractivity contribution in [2.45, 2.75) is 13.1 Å². The Morgan fingerprint density at radius 3 is 2.65 bits per heavy atom. The van der Waals surface area contributed by atoms with E-state index in [9.17, 15) is 9.59 Å². The summed E-state index contributed by atoms with van der Waals surface area (Å²) in [5.41, 5.74) is 5.34. The van der Waals surface area contributed by atoms with Gasteiger partial charge < -0.3 is 24.7 Å². The van der Waals surface area contributed by atoms with Crippen molar-refractivity contribution in [3.8, 4) is 0 Å². The lowest BCUT2D eigenvalue weighted by Crippen LogP contribution is -2.35. The molecular weight excluding hydrogens is 420 g/mol. The fourth-order valence-electron chi connectivity index (χ4n) is 4.07. The third kappa shape index (κ3) is 4.61. The molecule has 3 aliphatic heterocycles. The Morgan fingerprint density at radius 1 is 1.03 bits per heavy atom. The van der Waals surface area contributed by atoms with Gasteiger partial charge in [0.25, 0.3) is 5.91 Å². The average Bonchev–Trinajstić information content (AvgIpc) is 3.44. The molecule has 0 unspecified atom stereocenters. The highest BCUT2D eigenvalue weighted by Crippen LogP contribution is 2.34. The Labute approximate surface area is 186 Å². The van der Waals surface area contributed by atoms with Crippen LogP contribution in [0.1, 0.15) is 22.4 Å². The summed E-state index contributed by atoms with van der Waals surface area (Å²) in [6, 6.07) is 7.89. The summed E-state index contributed by atoms with van der Waals surface area (Å²) in [5, 5.41) is 2.93. The number of hydrogen-bond donors (Lipinski definition) is 2. The molecule has 1 aromatic heterocycles. The summed E-state index contributed by atoms with van der Waals surface area (Å²) in [7, 11) is 0. The van der Waals surface area contributed by atoms with Gasteiger partial charge in [-0.2, -0.15) is 0 Å². The van der Waals surface area contributed by atoms with Crippen LogP contribution in [-0.4, -0.2) is 66.2 Å². The Hall–Kier alpha value is -2.81. The SMILES string of the molecule is Cl.O=C1Nc2ccc(CN3CCOC3=O)cc2/C1=C/c1c[nH]c(CN2CCOCC2)c1. The van der Waals surface area contributed by atoms with Crippen molar-refractivity contribution < 1.29 is 19.1 Å². The molecular formula is C22H25ClN4O4. The molecule has 9 heteroatoms.